The number of hydrogen-bond donors (Lipinski definition) is 0. The highest BCUT2D eigenvalue weighted by molar-refractivity contribution is 9.10. The summed E-state index contributed by atoms with van der Waals surface area (Å²) >= 11 is 3.52. The standard InChI is InChI=1S/C12H14BrN3O/c13-11-2-1-3-12-14-10(9-16(11)12)8-15-4-6-17-7-5-15/h1-3,9H,4-8H2. The van der Waals surface area contributed by atoms with Crippen molar-refractivity contribution in [1.29, 1.82) is 0 Å². The van der Waals surface area contributed by atoms with Gasteiger partial charge in [0.25, 0.3) is 0 Å². The lowest BCUT2D eigenvalue weighted by Gasteiger charge is -2.25. The van der Waals surface area contributed by atoms with Crippen molar-refractivity contribution in [2.24, 2.45) is 0 Å². The lowest BCUT2D eigenvalue weighted by Crippen LogP contribution is -2.35. The summed E-state index contributed by atoms with van der Waals surface area (Å²) in [7, 11) is 0. The number of imidazole rings is 1. The molecule has 0 amide bonds. The molecule has 1 aliphatic heterocycles. The van der Waals surface area contributed by atoms with Crippen molar-refractivity contribution >= 4 is 21.6 Å². The lowest BCUT2D eigenvalue weighted by atomic mass is 10.3. The first-order chi connectivity index (χ1) is 8.33. The van der Waals surface area contributed by atoms with Crippen LogP contribution in [0.3, 0.4) is 0 Å². The first-order valence-corrected chi connectivity index (χ1v) is 6.55. The molecule has 0 aromatic carbocycles. The molecule has 2 aromatic heterocycles. The van der Waals surface area contributed by atoms with Gasteiger partial charge in [-0.3, -0.25) is 9.30 Å². The summed E-state index contributed by atoms with van der Waals surface area (Å²) in [6.45, 7) is 4.55. The number of fused-ring (bicyclic) bond motifs is 1. The van der Waals surface area contributed by atoms with E-state index in [4.69, 9.17) is 4.74 Å². The fourth-order valence-corrected chi connectivity index (χ4v) is 2.53. The van der Waals surface area contributed by atoms with Gasteiger partial charge in [0.05, 0.1) is 23.5 Å². The van der Waals surface area contributed by atoms with Gasteiger partial charge in [-0.15, -0.1) is 0 Å². The Labute approximate surface area is 108 Å². The van der Waals surface area contributed by atoms with Crippen LogP contribution in [0.2, 0.25) is 0 Å². The van der Waals surface area contributed by atoms with Gasteiger partial charge in [-0.2, -0.15) is 0 Å². The van der Waals surface area contributed by atoms with Crippen molar-refractivity contribution in [1.82, 2.24) is 14.3 Å². The second-order valence-electron chi connectivity index (χ2n) is 4.20. The fraction of sp³-hybridized carbons (Fsp3) is 0.417. The monoisotopic (exact) mass is 295 g/mol. The van der Waals surface area contributed by atoms with Crippen LogP contribution < -0.4 is 0 Å². The minimum Gasteiger partial charge on any atom is -0.379 e. The van der Waals surface area contributed by atoms with Crippen LogP contribution in [0.25, 0.3) is 5.65 Å². The molecule has 0 unspecified atom stereocenters. The maximum absolute atomic E-state index is 5.34. The molecule has 0 radical (unpaired) electrons. The van der Waals surface area contributed by atoms with E-state index in [0.717, 1.165) is 48.8 Å². The molecule has 4 nitrogen and oxygen atoms in total. The van der Waals surface area contributed by atoms with Crippen LogP contribution in [0.5, 0.6) is 0 Å². The van der Waals surface area contributed by atoms with E-state index in [-0.39, 0.29) is 0 Å². The van der Waals surface area contributed by atoms with Gasteiger partial charge in [0.1, 0.15) is 5.65 Å². The number of halogens is 1. The molecule has 0 bridgehead atoms. The van der Waals surface area contributed by atoms with Gasteiger partial charge in [-0.1, -0.05) is 6.07 Å². The van der Waals surface area contributed by atoms with E-state index in [2.05, 4.69) is 36.4 Å². The number of ether oxygens (including phenoxy) is 1. The van der Waals surface area contributed by atoms with Gasteiger partial charge >= 0.3 is 0 Å². The summed E-state index contributed by atoms with van der Waals surface area (Å²) in [5, 5.41) is 0. The Kier molecular flexibility index (Phi) is 3.13. The molecule has 1 fully saturated rings. The van der Waals surface area contributed by atoms with E-state index in [1.807, 2.05) is 18.2 Å². The average molecular weight is 296 g/mol. The molecule has 5 heteroatoms. The normalized spacial score (nSPS) is 17.7. The summed E-state index contributed by atoms with van der Waals surface area (Å²) < 4.78 is 8.44. The Balaban J connectivity index is 1.83. The summed E-state index contributed by atoms with van der Waals surface area (Å²) in [6, 6.07) is 6.05. The number of aromatic nitrogens is 2. The third-order valence-corrected chi connectivity index (χ3v) is 3.63. The maximum Gasteiger partial charge on any atom is 0.137 e. The first kappa shape index (κ1) is 11.2. The number of morpholine rings is 1. The van der Waals surface area contributed by atoms with E-state index < -0.39 is 0 Å². The zero-order chi connectivity index (χ0) is 11.7. The maximum atomic E-state index is 5.34. The molecule has 0 atom stereocenters. The number of nitrogens with zero attached hydrogens (tertiary/aromatic N) is 3. The Morgan fingerprint density at radius 1 is 1.29 bits per heavy atom. The Morgan fingerprint density at radius 3 is 2.88 bits per heavy atom. The number of pyridine rings is 1. The van der Waals surface area contributed by atoms with Gasteiger partial charge in [0.15, 0.2) is 0 Å². The number of rotatable bonds is 2. The largest absolute Gasteiger partial charge is 0.379 e. The van der Waals surface area contributed by atoms with E-state index in [0.29, 0.717) is 0 Å². The molecule has 90 valence electrons. The fourth-order valence-electron chi connectivity index (χ4n) is 2.09. The van der Waals surface area contributed by atoms with E-state index in [9.17, 15) is 0 Å². The highest BCUT2D eigenvalue weighted by atomic mass is 79.9. The van der Waals surface area contributed by atoms with Crippen molar-refractivity contribution < 1.29 is 4.74 Å². The average Bonchev–Trinajstić information content (AvgIpc) is 2.74. The second-order valence-corrected chi connectivity index (χ2v) is 5.01. The smallest absolute Gasteiger partial charge is 0.137 e. The van der Waals surface area contributed by atoms with Crippen molar-refractivity contribution in [3.63, 3.8) is 0 Å². The van der Waals surface area contributed by atoms with Gasteiger partial charge < -0.3 is 4.74 Å². The van der Waals surface area contributed by atoms with Crippen LogP contribution in [-0.2, 0) is 11.3 Å². The molecule has 1 saturated heterocycles. The van der Waals surface area contributed by atoms with Crippen LogP contribution in [0.15, 0.2) is 29.0 Å². The lowest BCUT2D eigenvalue weighted by molar-refractivity contribution is 0.0337. The molecular weight excluding hydrogens is 282 g/mol. The molecule has 0 N–H and O–H groups in total. The van der Waals surface area contributed by atoms with Gasteiger partial charge in [-0.05, 0) is 28.1 Å². The predicted octanol–water partition coefficient (Wildman–Crippen LogP) is 1.93. The van der Waals surface area contributed by atoms with Crippen molar-refractivity contribution in [3.05, 3.63) is 34.7 Å². The minimum atomic E-state index is 0.830. The molecule has 2 aromatic rings. The molecule has 0 saturated carbocycles. The molecule has 3 heterocycles. The van der Waals surface area contributed by atoms with Crippen molar-refractivity contribution in [2.75, 3.05) is 26.3 Å². The highest BCUT2D eigenvalue weighted by Crippen LogP contribution is 2.15. The van der Waals surface area contributed by atoms with Crippen molar-refractivity contribution in [3.8, 4) is 0 Å². The predicted molar refractivity (Wildman–Crippen MR) is 69.0 cm³/mol. The highest BCUT2D eigenvalue weighted by Gasteiger charge is 2.12. The van der Waals surface area contributed by atoms with E-state index >= 15 is 0 Å². The topological polar surface area (TPSA) is 29.8 Å². The quantitative estimate of drug-likeness (QED) is 0.793. The summed E-state index contributed by atoms with van der Waals surface area (Å²) in [5.41, 5.74) is 2.10. The molecule has 0 aliphatic carbocycles. The molecule has 1 aliphatic rings. The third-order valence-electron chi connectivity index (χ3n) is 2.98. The van der Waals surface area contributed by atoms with E-state index in [1.165, 1.54) is 0 Å². The Morgan fingerprint density at radius 2 is 2.12 bits per heavy atom. The van der Waals surface area contributed by atoms with Gasteiger partial charge in [-0.25, -0.2) is 4.98 Å². The first-order valence-electron chi connectivity index (χ1n) is 5.75. The van der Waals surface area contributed by atoms with Crippen LogP contribution >= 0.6 is 15.9 Å². The zero-order valence-corrected chi connectivity index (χ0v) is 11.1. The summed E-state index contributed by atoms with van der Waals surface area (Å²) in [6.07, 6.45) is 2.09. The van der Waals surface area contributed by atoms with Crippen LogP contribution in [-0.4, -0.2) is 40.6 Å². The van der Waals surface area contributed by atoms with Crippen LogP contribution in [0.4, 0.5) is 0 Å². The van der Waals surface area contributed by atoms with Crippen LogP contribution in [0, 0.1) is 0 Å². The van der Waals surface area contributed by atoms with Gasteiger partial charge in [0.2, 0.25) is 0 Å². The molecule has 3 rings (SSSR count). The van der Waals surface area contributed by atoms with Gasteiger partial charge in [0, 0.05) is 25.8 Å². The van der Waals surface area contributed by atoms with E-state index in [1.54, 1.807) is 0 Å². The number of hydrogen-bond acceptors (Lipinski definition) is 3. The third kappa shape index (κ3) is 2.36. The van der Waals surface area contributed by atoms with Crippen LogP contribution in [0.1, 0.15) is 5.69 Å². The molecular formula is C12H14BrN3O. The SMILES string of the molecule is Brc1cccc2nc(CN3CCOCC3)cn12. The Bertz CT molecular complexity index is 519. The molecule has 17 heavy (non-hydrogen) atoms. The molecule has 0 spiro atoms. The summed E-state index contributed by atoms with van der Waals surface area (Å²) in [4.78, 5) is 6.99. The summed E-state index contributed by atoms with van der Waals surface area (Å²) in [5.74, 6) is 0. The Hall–Kier alpha value is -0.910. The zero-order valence-electron chi connectivity index (χ0n) is 9.47. The van der Waals surface area contributed by atoms with Crippen molar-refractivity contribution in [2.45, 2.75) is 6.54 Å². The second kappa shape index (κ2) is 4.76. The minimum absolute atomic E-state index is 0.830.